The van der Waals surface area contributed by atoms with E-state index in [1.165, 1.54) is 35.5 Å². The van der Waals surface area contributed by atoms with Crippen molar-refractivity contribution in [1.82, 2.24) is 19.7 Å². The predicted molar refractivity (Wildman–Crippen MR) is 146 cm³/mol. The van der Waals surface area contributed by atoms with Crippen molar-refractivity contribution in [3.63, 3.8) is 0 Å². The highest BCUT2D eigenvalue weighted by Gasteiger charge is 2.25. The predicted octanol–water partition coefficient (Wildman–Crippen LogP) is 6.16. The van der Waals surface area contributed by atoms with Crippen LogP contribution in [0.25, 0.3) is 11.3 Å². The van der Waals surface area contributed by atoms with E-state index in [-0.39, 0.29) is 11.6 Å². The first-order valence-corrected chi connectivity index (χ1v) is 13.3. The largest absolute Gasteiger partial charge is 0.362 e. The third-order valence-electron chi connectivity index (χ3n) is 7.67. The summed E-state index contributed by atoms with van der Waals surface area (Å²) in [5, 5.41) is 8.70. The van der Waals surface area contributed by atoms with Gasteiger partial charge in [-0.25, -0.2) is 8.78 Å². The Morgan fingerprint density at radius 1 is 0.763 bits per heavy atom. The molecule has 6 rings (SSSR count). The van der Waals surface area contributed by atoms with Gasteiger partial charge in [0.05, 0.1) is 17.9 Å². The van der Waals surface area contributed by atoms with Gasteiger partial charge in [-0.3, -0.25) is 4.57 Å². The van der Waals surface area contributed by atoms with Gasteiger partial charge >= 0.3 is 0 Å². The zero-order chi connectivity index (χ0) is 26.1. The number of hydrogen-bond acceptors (Lipinski definition) is 4. The van der Waals surface area contributed by atoms with E-state index >= 15 is 0 Å². The van der Waals surface area contributed by atoms with Gasteiger partial charge in [-0.1, -0.05) is 42.0 Å². The average Bonchev–Trinajstić information content (AvgIpc) is 3.32. The maximum absolute atomic E-state index is 13.6. The highest BCUT2D eigenvalue weighted by Crippen LogP contribution is 2.34. The molecule has 0 bridgehead atoms. The van der Waals surface area contributed by atoms with Crippen LogP contribution in [0.1, 0.15) is 42.0 Å². The van der Waals surface area contributed by atoms with E-state index in [4.69, 9.17) is 0 Å². The maximum atomic E-state index is 13.6. The first-order chi connectivity index (χ1) is 18.6. The molecule has 7 heteroatoms. The summed E-state index contributed by atoms with van der Waals surface area (Å²) in [7, 11) is 0. The van der Waals surface area contributed by atoms with Crippen LogP contribution in [0.2, 0.25) is 0 Å². The van der Waals surface area contributed by atoms with Crippen LogP contribution in [0.5, 0.6) is 0 Å². The molecule has 3 heterocycles. The van der Waals surface area contributed by atoms with E-state index in [2.05, 4.69) is 48.8 Å². The summed E-state index contributed by atoms with van der Waals surface area (Å²) in [6.45, 7) is 6.71. The minimum Gasteiger partial charge on any atom is -0.362 e. The van der Waals surface area contributed by atoms with Gasteiger partial charge in [0.2, 0.25) is 0 Å². The molecular formula is C31H31F2N5. The Kier molecular flexibility index (Phi) is 6.77. The number of nitrogens with zero attached hydrogens (tertiary/aromatic N) is 5. The lowest BCUT2D eigenvalue weighted by molar-refractivity contribution is 0.254. The number of piperidine rings is 1. The summed E-state index contributed by atoms with van der Waals surface area (Å²) >= 11 is 0. The van der Waals surface area contributed by atoms with Crippen molar-refractivity contribution >= 4 is 11.3 Å². The summed E-state index contributed by atoms with van der Waals surface area (Å²) in [5.74, 6) is 1.41. The number of benzene rings is 3. The van der Waals surface area contributed by atoms with Gasteiger partial charge in [0, 0.05) is 19.6 Å². The molecular weight excluding hydrogens is 480 g/mol. The highest BCUT2D eigenvalue weighted by molar-refractivity contribution is 5.82. The van der Waals surface area contributed by atoms with Crippen molar-refractivity contribution in [3.05, 3.63) is 113 Å². The third-order valence-corrected chi connectivity index (χ3v) is 7.67. The quantitative estimate of drug-likeness (QED) is 0.311. The van der Waals surface area contributed by atoms with E-state index in [9.17, 15) is 8.78 Å². The van der Waals surface area contributed by atoms with Gasteiger partial charge in [-0.2, -0.15) is 0 Å². The van der Waals surface area contributed by atoms with Gasteiger partial charge < -0.3 is 9.80 Å². The fourth-order valence-electron chi connectivity index (χ4n) is 5.79. The van der Waals surface area contributed by atoms with Gasteiger partial charge in [0.25, 0.3) is 0 Å². The number of halogens is 2. The Bertz CT molecular complexity index is 1400. The molecule has 0 saturated carbocycles. The van der Waals surface area contributed by atoms with Crippen molar-refractivity contribution < 1.29 is 8.78 Å². The molecule has 1 aromatic heterocycles. The van der Waals surface area contributed by atoms with Crippen LogP contribution < -0.4 is 4.90 Å². The number of para-hydroxylation sites is 2. The molecule has 0 amide bonds. The van der Waals surface area contributed by atoms with Crippen molar-refractivity contribution in [1.29, 1.82) is 0 Å². The standard InChI is InChI=1S/C31H31F2N5/c1-22-34-35-30-21-37(28-5-2-3-6-29(28)38(22)30)18-4-17-36-19-15-25(16-20-36)31(23-7-11-26(32)12-8-23)24-9-13-27(33)14-10-24/h2-3,5-14H,4,15-21H2,1H3. The molecule has 2 aliphatic rings. The molecule has 1 fully saturated rings. The molecule has 0 spiro atoms. The Balaban J connectivity index is 1.12. The molecule has 194 valence electrons. The van der Waals surface area contributed by atoms with Gasteiger partial charge in [0.15, 0.2) is 5.82 Å². The fraction of sp³-hybridized carbons (Fsp3) is 0.290. The van der Waals surface area contributed by atoms with Gasteiger partial charge in [0.1, 0.15) is 17.5 Å². The maximum Gasteiger partial charge on any atom is 0.157 e. The zero-order valence-electron chi connectivity index (χ0n) is 21.6. The molecule has 5 nitrogen and oxygen atoms in total. The molecule has 3 aromatic carbocycles. The summed E-state index contributed by atoms with van der Waals surface area (Å²) in [5.41, 5.74) is 6.79. The van der Waals surface area contributed by atoms with Crippen LogP contribution in [-0.2, 0) is 6.54 Å². The SMILES string of the molecule is Cc1nnc2n1-c1ccccc1N(CCCN1CCC(=C(c3ccc(F)cc3)c3ccc(F)cc3)CC1)C2. The molecule has 0 atom stereocenters. The van der Waals surface area contributed by atoms with Crippen molar-refractivity contribution in [2.24, 2.45) is 0 Å². The smallest absolute Gasteiger partial charge is 0.157 e. The van der Waals surface area contributed by atoms with E-state index in [1.54, 1.807) is 0 Å². The van der Waals surface area contributed by atoms with E-state index in [1.807, 2.05) is 31.2 Å². The van der Waals surface area contributed by atoms with Crippen LogP contribution in [0.4, 0.5) is 14.5 Å². The van der Waals surface area contributed by atoms with Gasteiger partial charge in [-0.15, -0.1) is 10.2 Å². The Morgan fingerprint density at radius 3 is 2.00 bits per heavy atom. The summed E-state index contributed by atoms with van der Waals surface area (Å²) in [4.78, 5) is 4.94. The highest BCUT2D eigenvalue weighted by atomic mass is 19.1. The molecule has 4 aromatic rings. The molecule has 2 aliphatic heterocycles. The Labute approximate surface area is 222 Å². The van der Waals surface area contributed by atoms with E-state index in [0.717, 1.165) is 86.0 Å². The molecule has 0 N–H and O–H groups in total. The second-order valence-electron chi connectivity index (χ2n) is 10.1. The van der Waals surface area contributed by atoms with E-state index < -0.39 is 0 Å². The topological polar surface area (TPSA) is 37.2 Å². The van der Waals surface area contributed by atoms with Crippen molar-refractivity contribution in [3.8, 4) is 5.69 Å². The average molecular weight is 512 g/mol. The minimum absolute atomic E-state index is 0.251. The number of likely N-dealkylation sites (tertiary alicyclic amines) is 1. The first kappa shape index (κ1) is 24.5. The van der Waals surface area contributed by atoms with Crippen molar-refractivity contribution in [2.75, 3.05) is 31.1 Å². The molecule has 1 saturated heterocycles. The van der Waals surface area contributed by atoms with Crippen LogP contribution >= 0.6 is 0 Å². The van der Waals surface area contributed by atoms with Gasteiger partial charge in [-0.05, 0) is 85.8 Å². The minimum atomic E-state index is -0.251. The summed E-state index contributed by atoms with van der Waals surface area (Å²) in [6, 6.07) is 21.8. The van der Waals surface area contributed by atoms with E-state index in [0.29, 0.717) is 0 Å². The number of hydrogen-bond donors (Lipinski definition) is 0. The monoisotopic (exact) mass is 511 g/mol. The lowest BCUT2D eigenvalue weighted by atomic mass is 9.88. The lowest BCUT2D eigenvalue weighted by Crippen LogP contribution is -2.35. The van der Waals surface area contributed by atoms with Crippen LogP contribution in [0.15, 0.2) is 78.4 Å². The number of rotatable bonds is 6. The summed E-state index contributed by atoms with van der Waals surface area (Å²) in [6.07, 6.45) is 2.95. The Hall–Kier alpha value is -3.84. The second kappa shape index (κ2) is 10.5. The molecule has 38 heavy (non-hydrogen) atoms. The zero-order valence-corrected chi connectivity index (χ0v) is 21.6. The first-order valence-electron chi connectivity index (χ1n) is 13.3. The van der Waals surface area contributed by atoms with Crippen LogP contribution in [-0.4, -0.2) is 45.8 Å². The number of fused-ring (bicyclic) bond motifs is 3. The van der Waals surface area contributed by atoms with Crippen LogP contribution in [0, 0.1) is 18.6 Å². The second-order valence-corrected chi connectivity index (χ2v) is 10.1. The summed E-state index contributed by atoms with van der Waals surface area (Å²) < 4.78 is 29.4. The number of anilines is 1. The normalized spacial score (nSPS) is 15.3. The lowest BCUT2D eigenvalue weighted by Gasteiger charge is -2.33. The number of aromatic nitrogens is 3. The molecule has 0 aliphatic carbocycles. The number of aryl methyl sites for hydroxylation is 1. The Morgan fingerprint density at radius 2 is 1.37 bits per heavy atom. The van der Waals surface area contributed by atoms with Crippen molar-refractivity contribution in [2.45, 2.75) is 32.7 Å². The third kappa shape index (κ3) is 4.86. The fourth-order valence-corrected chi connectivity index (χ4v) is 5.79. The molecule has 0 radical (unpaired) electrons. The molecule has 0 unspecified atom stereocenters. The van der Waals surface area contributed by atoms with Crippen LogP contribution in [0.3, 0.4) is 0 Å².